The fourth-order valence-corrected chi connectivity index (χ4v) is 1.43. The van der Waals surface area contributed by atoms with Gasteiger partial charge in [0.2, 0.25) is 0 Å². The number of nitrogens with zero attached hydrogens (tertiary/aromatic N) is 2. The van der Waals surface area contributed by atoms with E-state index in [-0.39, 0.29) is 0 Å². The Bertz CT molecular complexity index is 511. The Morgan fingerprint density at radius 1 is 1.12 bits per heavy atom. The second-order valence-corrected chi connectivity index (χ2v) is 3.54. The molecule has 2 rings (SSSR count). The molecule has 0 saturated heterocycles. The van der Waals surface area contributed by atoms with Crippen LogP contribution in [0.15, 0.2) is 30.7 Å². The molecule has 0 bridgehead atoms. The Kier molecular flexibility index (Phi) is 2.72. The van der Waals surface area contributed by atoms with Crippen molar-refractivity contribution in [3.05, 3.63) is 36.3 Å². The van der Waals surface area contributed by atoms with Gasteiger partial charge in [0.25, 0.3) is 0 Å². The molecule has 0 radical (unpaired) electrons. The number of hydrogen-bond acceptors (Lipinski definition) is 4. The lowest BCUT2D eigenvalue weighted by atomic mass is 10.1. The van der Waals surface area contributed by atoms with Crippen molar-refractivity contribution in [3.63, 3.8) is 0 Å². The standard InChI is InChI=1S/C12H13N3O/c1-8-3-9(6-15-12(8)13)10-4-11(16-2)7-14-5-10/h3-7H,1-2H3,(H2,13,15). The molecule has 82 valence electrons. The van der Waals surface area contributed by atoms with Crippen LogP contribution in [0, 0.1) is 6.92 Å². The first-order valence-electron chi connectivity index (χ1n) is 4.92. The third-order valence-corrected chi connectivity index (χ3v) is 2.40. The predicted molar refractivity (Wildman–Crippen MR) is 63.2 cm³/mol. The quantitative estimate of drug-likeness (QED) is 0.832. The molecule has 0 spiro atoms. The van der Waals surface area contributed by atoms with E-state index in [1.54, 1.807) is 25.7 Å². The molecule has 0 unspecified atom stereocenters. The van der Waals surface area contributed by atoms with Gasteiger partial charge in [-0.2, -0.15) is 0 Å². The lowest BCUT2D eigenvalue weighted by molar-refractivity contribution is 0.413. The molecule has 0 fully saturated rings. The summed E-state index contributed by atoms with van der Waals surface area (Å²) in [5.41, 5.74) is 8.58. The van der Waals surface area contributed by atoms with Crippen LogP contribution < -0.4 is 10.5 Å². The molecule has 2 heterocycles. The number of aryl methyl sites for hydroxylation is 1. The average molecular weight is 215 g/mol. The summed E-state index contributed by atoms with van der Waals surface area (Å²) in [5.74, 6) is 1.28. The summed E-state index contributed by atoms with van der Waals surface area (Å²) in [4.78, 5) is 8.22. The van der Waals surface area contributed by atoms with Crippen LogP contribution in [0.4, 0.5) is 5.82 Å². The monoisotopic (exact) mass is 215 g/mol. The first-order chi connectivity index (χ1) is 7.70. The first kappa shape index (κ1) is 10.4. The molecular weight excluding hydrogens is 202 g/mol. The molecule has 0 saturated carbocycles. The van der Waals surface area contributed by atoms with E-state index < -0.39 is 0 Å². The van der Waals surface area contributed by atoms with E-state index in [0.29, 0.717) is 5.82 Å². The van der Waals surface area contributed by atoms with Crippen LogP contribution in [-0.2, 0) is 0 Å². The van der Waals surface area contributed by atoms with E-state index >= 15 is 0 Å². The van der Waals surface area contributed by atoms with E-state index in [1.165, 1.54) is 0 Å². The Labute approximate surface area is 94.1 Å². The summed E-state index contributed by atoms with van der Waals surface area (Å²) in [6, 6.07) is 3.90. The van der Waals surface area contributed by atoms with Crippen molar-refractivity contribution in [1.29, 1.82) is 0 Å². The van der Waals surface area contributed by atoms with Crippen LogP contribution in [0.1, 0.15) is 5.56 Å². The summed E-state index contributed by atoms with van der Waals surface area (Å²) in [6.07, 6.45) is 5.18. The van der Waals surface area contributed by atoms with Gasteiger partial charge in [0.15, 0.2) is 0 Å². The molecule has 2 aromatic rings. The minimum atomic E-state index is 0.555. The highest BCUT2D eigenvalue weighted by molar-refractivity contribution is 5.65. The maximum atomic E-state index is 5.67. The van der Waals surface area contributed by atoms with Crippen molar-refractivity contribution >= 4 is 5.82 Å². The number of aromatic nitrogens is 2. The average Bonchev–Trinajstić information content (AvgIpc) is 2.33. The Morgan fingerprint density at radius 2 is 1.88 bits per heavy atom. The smallest absolute Gasteiger partial charge is 0.137 e. The highest BCUT2D eigenvalue weighted by atomic mass is 16.5. The van der Waals surface area contributed by atoms with Crippen molar-refractivity contribution in [2.45, 2.75) is 6.92 Å². The third-order valence-electron chi connectivity index (χ3n) is 2.40. The Morgan fingerprint density at radius 3 is 2.56 bits per heavy atom. The SMILES string of the molecule is COc1cncc(-c2cnc(N)c(C)c2)c1. The van der Waals surface area contributed by atoms with Crippen molar-refractivity contribution in [2.75, 3.05) is 12.8 Å². The third kappa shape index (κ3) is 1.95. The molecule has 0 aliphatic rings. The zero-order valence-electron chi connectivity index (χ0n) is 9.27. The van der Waals surface area contributed by atoms with Gasteiger partial charge in [-0.05, 0) is 24.6 Å². The van der Waals surface area contributed by atoms with E-state index in [0.717, 1.165) is 22.4 Å². The number of nitrogens with two attached hydrogens (primary N) is 1. The highest BCUT2D eigenvalue weighted by Gasteiger charge is 2.03. The first-order valence-corrected chi connectivity index (χ1v) is 4.92. The van der Waals surface area contributed by atoms with Gasteiger partial charge in [0.1, 0.15) is 11.6 Å². The number of methoxy groups -OCH3 is 1. The van der Waals surface area contributed by atoms with Gasteiger partial charge in [0, 0.05) is 23.5 Å². The number of hydrogen-bond donors (Lipinski definition) is 1. The predicted octanol–water partition coefficient (Wildman–Crippen LogP) is 2.04. The largest absolute Gasteiger partial charge is 0.495 e. The zero-order chi connectivity index (χ0) is 11.5. The number of rotatable bonds is 2. The minimum Gasteiger partial charge on any atom is -0.495 e. The van der Waals surface area contributed by atoms with Crippen LogP contribution >= 0.6 is 0 Å². The summed E-state index contributed by atoms with van der Waals surface area (Å²) in [5, 5.41) is 0. The normalized spacial score (nSPS) is 10.1. The fraction of sp³-hybridized carbons (Fsp3) is 0.167. The van der Waals surface area contributed by atoms with E-state index in [4.69, 9.17) is 10.5 Å². The van der Waals surface area contributed by atoms with Crippen LogP contribution in [-0.4, -0.2) is 17.1 Å². The molecule has 4 heteroatoms. The molecule has 0 aliphatic carbocycles. The molecule has 0 aromatic carbocycles. The molecule has 2 N–H and O–H groups in total. The lowest BCUT2D eigenvalue weighted by Gasteiger charge is -2.05. The van der Waals surface area contributed by atoms with Gasteiger partial charge in [-0.3, -0.25) is 4.98 Å². The van der Waals surface area contributed by atoms with E-state index in [1.807, 2.05) is 19.1 Å². The highest BCUT2D eigenvalue weighted by Crippen LogP contribution is 2.23. The number of pyridine rings is 2. The molecule has 0 aliphatic heterocycles. The van der Waals surface area contributed by atoms with Gasteiger partial charge in [-0.1, -0.05) is 0 Å². The van der Waals surface area contributed by atoms with E-state index in [2.05, 4.69) is 9.97 Å². The minimum absolute atomic E-state index is 0.555. The van der Waals surface area contributed by atoms with Crippen molar-refractivity contribution in [1.82, 2.24) is 9.97 Å². The number of nitrogen functional groups attached to an aromatic ring is 1. The maximum absolute atomic E-state index is 5.67. The van der Waals surface area contributed by atoms with Crippen LogP contribution in [0.3, 0.4) is 0 Å². The molecule has 0 atom stereocenters. The summed E-state index contributed by atoms with van der Waals surface area (Å²) in [7, 11) is 1.62. The summed E-state index contributed by atoms with van der Waals surface area (Å²) >= 11 is 0. The number of anilines is 1. The molecule has 2 aromatic heterocycles. The second-order valence-electron chi connectivity index (χ2n) is 3.54. The van der Waals surface area contributed by atoms with Crippen LogP contribution in [0.5, 0.6) is 5.75 Å². The number of ether oxygens (including phenoxy) is 1. The van der Waals surface area contributed by atoms with Crippen molar-refractivity contribution in [2.24, 2.45) is 0 Å². The molecular formula is C12H13N3O. The van der Waals surface area contributed by atoms with Gasteiger partial charge < -0.3 is 10.5 Å². The van der Waals surface area contributed by atoms with Crippen molar-refractivity contribution < 1.29 is 4.74 Å². The lowest BCUT2D eigenvalue weighted by Crippen LogP contribution is -1.94. The van der Waals surface area contributed by atoms with Gasteiger partial charge in [-0.25, -0.2) is 4.98 Å². The van der Waals surface area contributed by atoms with E-state index in [9.17, 15) is 0 Å². The van der Waals surface area contributed by atoms with Crippen LogP contribution in [0.25, 0.3) is 11.1 Å². The van der Waals surface area contributed by atoms with Gasteiger partial charge >= 0.3 is 0 Å². The molecule has 4 nitrogen and oxygen atoms in total. The fourth-order valence-electron chi connectivity index (χ4n) is 1.43. The Hall–Kier alpha value is -2.10. The van der Waals surface area contributed by atoms with Gasteiger partial charge in [-0.15, -0.1) is 0 Å². The van der Waals surface area contributed by atoms with Gasteiger partial charge in [0.05, 0.1) is 13.3 Å². The summed E-state index contributed by atoms with van der Waals surface area (Å²) < 4.78 is 5.12. The topological polar surface area (TPSA) is 61.0 Å². The summed E-state index contributed by atoms with van der Waals surface area (Å²) in [6.45, 7) is 1.93. The second kappa shape index (κ2) is 4.18. The molecule has 16 heavy (non-hydrogen) atoms. The van der Waals surface area contributed by atoms with Crippen molar-refractivity contribution in [3.8, 4) is 16.9 Å². The van der Waals surface area contributed by atoms with Crippen LogP contribution in [0.2, 0.25) is 0 Å². The zero-order valence-corrected chi connectivity index (χ0v) is 9.27. The Balaban J connectivity index is 2.46. The molecule has 0 amide bonds. The maximum Gasteiger partial charge on any atom is 0.137 e.